The largest absolute Gasteiger partial charge is 0.309 e. The zero-order valence-electron chi connectivity index (χ0n) is 11.0. The normalized spacial score (nSPS) is 13.2. The predicted molar refractivity (Wildman–Crippen MR) is 73.8 cm³/mol. The third kappa shape index (κ3) is 4.96. The van der Waals surface area contributed by atoms with Gasteiger partial charge in [-0.15, -0.1) is 0 Å². The number of nitrogens with zero attached hydrogens (tertiary/aromatic N) is 1. The molecule has 0 aromatic heterocycles. The van der Waals surface area contributed by atoms with E-state index in [1.807, 2.05) is 6.92 Å². The van der Waals surface area contributed by atoms with Crippen LogP contribution in [0.3, 0.4) is 0 Å². The third-order valence-corrected chi connectivity index (χ3v) is 4.59. The summed E-state index contributed by atoms with van der Waals surface area (Å²) in [7, 11) is -2.99. The Morgan fingerprint density at radius 1 is 1.42 bits per heavy atom. The molecule has 0 fully saturated rings. The molecule has 7 heteroatoms. The van der Waals surface area contributed by atoms with Gasteiger partial charge in [0.05, 0.1) is 10.7 Å². The Kier molecular flexibility index (Phi) is 5.44. The van der Waals surface area contributed by atoms with Gasteiger partial charge in [-0.05, 0) is 12.5 Å². The molecule has 0 aliphatic carbocycles. The molecule has 1 atom stereocenters. The number of hydrogen-bond donors (Lipinski definition) is 1. The van der Waals surface area contributed by atoms with Crippen LogP contribution in [-0.4, -0.2) is 31.4 Å². The molecular weight excluding hydrogens is 268 g/mol. The van der Waals surface area contributed by atoms with Crippen molar-refractivity contribution in [2.75, 3.05) is 18.1 Å². The Morgan fingerprint density at radius 3 is 2.68 bits per heavy atom. The molecule has 1 aromatic carbocycles. The quantitative estimate of drug-likeness (QED) is 0.608. The van der Waals surface area contributed by atoms with Crippen molar-refractivity contribution in [2.24, 2.45) is 0 Å². The van der Waals surface area contributed by atoms with Gasteiger partial charge < -0.3 is 5.32 Å². The van der Waals surface area contributed by atoms with Gasteiger partial charge in [0.25, 0.3) is 5.69 Å². The van der Waals surface area contributed by atoms with Crippen molar-refractivity contribution >= 4 is 15.5 Å². The van der Waals surface area contributed by atoms with E-state index in [-0.39, 0.29) is 23.2 Å². The van der Waals surface area contributed by atoms with E-state index in [2.05, 4.69) is 5.32 Å². The highest BCUT2D eigenvalue weighted by Gasteiger charge is 2.12. The molecular formula is C12H18N2O4S. The first-order valence-corrected chi connectivity index (χ1v) is 7.86. The Balaban J connectivity index is 2.61. The van der Waals surface area contributed by atoms with Crippen LogP contribution in [0.2, 0.25) is 0 Å². The number of sulfone groups is 1. The molecule has 1 rings (SSSR count). The van der Waals surface area contributed by atoms with Crippen molar-refractivity contribution in [3.63, 3.8) is 0 Å². The van der Waals surface area contributed by atoms with Crippen LogP contribution in [-0.2, 0) is 9.84 Å². The van der Waals surface area contributed by atoms with Crippen LogP contribution in [0.25, 0.3) is 0 Å². The molecule has 6 nitrogen and oxygen atoms in total. The molecule has 1 N–H and O–H groups in total. The molecule has 106 valence electrons. The second-order valence-electron chi connectivity index (χ2n) is 4.26. The first-order valence-electron chi connectivity index (χ1n) is 6.04. The highest BCUT2D eigenvalue weighted by molar-refractivity contribution is 7.91. The van der Waals surface area contributed by atoms with Crippen LogP contribution in [0.15, 0.2) is 24.3 Å². The Morgan fingerprint density at radius 2 is 2.11 bits per heavy atom. The minimum atomic E-state index is -2.99. The molecule has 19 heavy (non-hydrogen) atoms. The predicted octanol–water partition coefficient (Wildman–Crippen LogP) is 1.68. The molecule has 0 aliphatic rings. The number of nitrogens with one attached hydrogen (secondary N) is 1. The number of non-ortho nitro benzene ring substituents is 1. The van der Waals surface area contributed by atoms with Gasteiger partial charge in [0.2, 0.25) is 0 Å². The van der Waals surface area contributed by atoms with Crippen molar-refractivity contribution in [2.45, 2.75) is 19.9 Å². The number of nitro groups is 1. The summed E-state index contributed by atoms with van der Waals surface area (Å²) in [6.07, 6.45) is 0. The van der Waals surface area contributed by atoms with Gasteiger partial charge in [0.1, 0.15) is 0 Å². The number of hydrogen-bond acceptors (Lipinski definition) is 5. The summed E-state index contributed by atoms with van der Waals surface area (Å²) in [6.45, 7) is 3.79. The fourth-order valence-electron chi connectivity index (χ4n) is 1.60. The summed E-state index contributed by atoms with van der Waals surface area (Å²) < 4.78 is 22.7. The van der Waals surface area contributed by atoms with Gasteiger partial charge in [-0.25, -0.2) is 8.42 Å². The number of benzene rings is 1. The summed E-state index contributed by atoms with van der Waals surface area (Å²) in [5.74, 6) is 0.197. The molecule has 0 radical (unpaired) electrons. The lowest BCUT2D eigenvalue weighted by Crippen LogP contribution is -2.26. The average molecular weight is 286 g/mol. The van der Waals surface area contributed by atoms with Gasteiger partial charge in [0, 0.05) is 30.5 Å². The molecule has 1 aromatic rings. The van der Waals surface area contributed by atoms with Crippen molar-refractivity contribution in [3.05, 3.63) is 39.9 Å². The Bertz CT molecular complexity index is 542. The zero-order chi connectivity index (χ0) is 14.5. The fraction of sp³-hybridized carbons (Fsp3) is 0.500. The average Bonchev–Trinajstić information content (AvgIpc) is 2.38. The summed E-state index contributed by atoms with van der Waals surface area (Å²) in [5.41, 5.74) is 0.801. The lowest BCUT2D eigenvalue weighted by molar-refractivity contribution is -0.384. The van der Waals surface area contributed by atoms with E-state index in [1.54, 1.807) is 19.1 Å². The van der Waals surface area contributed by atoms with E-state index in [0.717, 1.165) is 5.56 Å². The smallest absolute Gasteiger partial charge is 0.269 e. The van der Waals surface area contributed by atoms with Crippen LogP contribution >= 0.6 is 0 Å². The Labute approximate surface area is 112 Å². The van der Waals surface area contributed by atoms with E-state index < -0.39 is 14.8 Å². The van der Waals surface area contributed by atoms with Crippen LogP contribution < -0.4 is 5.32 Å². The maximum Gasteiger partial charge on any atom is 0.269 e. The summed E-state index contributed by atoms with van der Waals surface area (Å²) >= 11 is 0. The first kappa shape index (κ1) is 15.6. The van der Waals surface area contributed by atoms with Gasteiger partial charge >= 0.3 is 0 Å². The van der Waals surface area contributed by atoms with Gasteiger partial charge in [-0.1, -0.05) is 19.1 Å². The topological polar surface area (TPSA) is 89.3 Å². The van der Waals surface area contributed by atoms with Crippen molar-refractivity contribution < 1.29 is 13.3 Å². The van der Waals surface area contributed by atoms with Crippen LogP contribution in [0.5, 0.6) is 0 Å². The lowest BCUT2D eigenvalue weighted by Gasteiger charge is -2.13. The van der Waals surface area contributed by atoms with Crippen LogP contribution in [0, 0.1) is 10.1 Å². The summed E-state index contributed by atoms with van der Waals surface area (Å²) in [6, 6.07) is 6.18. The maximum absolute atomic E-state index is 11.3. The second kappa shape index (κ2) is 6.63. The van der Waals surface area contributed by atoms with Crippen molar-refractivity contribution in [1.82, 2.24) is 5.32 Å². The van der Waals surface area contributed by atoms with E-state index in [4.69, 9.17) is 0 Å². The van der Waals surface area contributed by atoms with Crippen molar-refractivity contribution in [1.29, 1.82) is 0 Å². The zero-order valence-corrected chi connectivity index (χ0v) is 11.8. The van der Waals surface area contributed by atoms with Crippen molar-refractivity contribution in [3.8, 4) is 0 Å². The van der Waals surface area contributed by atoms with Gasteiger partial charge in [0.15, 0.2) is 9.84 Å². The third-order valence-electron chi connectivity index (χ3n) is 2.88. The standard InChI is InChI=1S/C12H18N2O4S/c1-3-19(17,18)8-7-13-10(2)11-5-4-6-12(9-11)14(15)16/h4-6,9-10,13H,3,7-8H2,1-2H3. The fourth-order valence-corrected chi connectivity index (χ4v) is 2.32. The monoisotopic (exact) mass is 286 g/mol. The molecule has 0 bridgehead atoms. The van der Waals surface area contributed by atoms with E-state index in [0.29, 0.717) is 6.54 Å². The van der Waals surface area contributed by atoms with Gasteiger partial charge in [-0.3, -0.25) is 10.1 Å². The van der Waals surface area contributed by atoms with E-state index in [1.165, 1.54) is 12.1 Å². The number of rotatable bonds is 7. The molecule has 0 saturated heterocycles. The highest BCUT2D eigenvalue weighted by atomic mass is 32.2. The SMILES string of the molecule is CCS(=O)(=O)CCNC(C)c1cccc([N+](=O)[O-])c1. The lowest BCUT2D eigenvalue weighted by atomic mass is 10.1. The van der Waals surface area contributed by atoms with E-state index >= 15 is 0 Å². The van der Waals surface area contributed by atoms with Crippen LogP contribution in [0.1, 0.15) is 25.5 Å². The van der Waals surface area contributed by atoms with Crippen LogP contribution in [0.4, 0.5) is 5.69 Å². The maximum atomic E-state index is 11.3. The minimum absolute atomic E-state index is 0.0346. The molecule has 0 saturated carbocycles. The molecule has 0 aliphatic heterocycles. The minimum Gasteiger partial charge on any atom is -0.309 e. The summed E-state index contributed by atoms with van der Waals surface area (Å²) in [5, 5.41) is 13.7. The summed E-state index contributed by atoms with van der Waals surface area (Å²) in [4.78, 5) is 10.2. The highest BCUT2D eigenvalue weighted by Crippen LogP contribution is 2.18. The molecule has 0 heterocycles. The molecule has 0 spiro atoms. The molecule has 1 unspecified atom stereocenters. The number of nitro benzene ring substituents is 1. The van der Waals surface area contributed by atoms with E-state index in [9.17, 15) is 18.5 Å². The van der Waals surface area contributed by atoms with Gasteiger partial charge in [-0.2, -0.15) is 0 Å². The first-order chi connectivity index (χ1) is 8.85. The Hall–Kier alpha value is -1.47. The second-order valence-corrected chi connectivity index (χ2v) is 6.74. The molecule has 0 amide bonds.